The first kappa shape index (κ1) is 31.3. The first-order valence-electron chi connectivity index (χ1n) is 13.3. The molecule has 1 aliphatic heterocycles. The summed E-state index contributed by atoms with van der Waals surface area (Å²) in [5, 5.41) is 15.5. The Bertz CT molecular complexity index is 1510. The Morgan fingerprint density at radius 3 is 2.40 bits per heavy atom. The lowest BCUT2D eigenvalue weighted by Crippen LogP contribution is -2.50. The maximum Gasteiger partial charge on any atom is 0.335 e. The quantitative estimate of drug-likeness (QED) is 0.257. The number of hydrogen-bond donors (Lipinski definition) is 4. The zero-order valence-corrected chi connectivity index (χ0v) is 24.4. The van der Waals surface area contributed by atoms with Crippen LogP contribution >= 0.6 is 11.6 Å². The van der Waals surface area contributed by atoms with Gasteiger partial charge in [-0.25, -0.2) is 18.0 Å². The van der Waals surface area contributed by atoms with Gasteiger partial charge in [0.15, 0.2) is 11.6 Å². The summed E-state index contributed by atoms with van der Waals surface area (Å²) in [6.45, 7) is 5.68. The average molecular weight is 604 g/mol. The van der Waals surface area contributed by atoms with Crippen LogP contribution in [-0.4, -0.2) is 42.7 Å². The average Bonchev–Trinajstić information content (AvgIpc) is 3.23. The summed E-state index contributed by atoms with van der Waals surface area (Å²) in [6, 6.07) is 9.77. The van der Waals surface area contributed by atoms with Crippen molar-refractivity contribution in [2.75, 3.05) is 19.0 Å². The smallest absolute Gasteiger partial charge is 0.335 e. The summed E-state index contributed by atoms with van der Waals surface area (Å²) in [6.07, 6.45) is 0.389. The lowest BCUT2D eigenvalue weighted by Gasteiger charge is -2.42. The van der Waals surface area contributed by atoms with E-state index in [4.69, 9.17) is 22.1 Å². The van der Waals surface area contributed by atoms with Gasteiger partial charge in [-0.2, -0.15) is 0 Å². The molecule has 4 atom stereocenters. The third-order valence-corrected chi connectivity index (χ3v) is 8.02. The van der Waals surface area contributed by atoms with E-state index in [1.54, 1.807) is 0 Å². The van der Waals surface area contributed by atoms with Crippen LogP contribution in [0.5, 0.6) is 5.75 Å². The van der Waals surface area contributed by atoms with Crippen LogP contribution in [0.4, 0.5) is 18.9 Å². The molecule has 0 radical (unpaired) electrons. The third kappa shape index (κ3) is 5.84. The van der Waals surface area contributed by atoms with Crippen molar-refractivity contribution in [3.8, 4) is 5.75 Å². The fourth-order valence-corrected chi connectivity index (χ4v) is 6.17. The fraction of sp³-hybridized carbons (Fsp3) is 0.355. The SMILES string of the molecule is COc1cc(C(=O)O)ccc1NC(=O)[C@@H]1N[C@@H](CC(C)(C)C)[C@](CN)(c2ccc(Cl)cc2F)[C@H]1c1cccc(F)c1F. The molecule has 224 valence electrons. The van der Waals surface area contributed by atoms with Crippen molar-refractivity contribution in [2.45, 2.75) is 50.6 Å². The zero-order chi connectivity index (χ0) is 31.0. The summed E-state index contributed by atoms with van der Waals surface area (Å²) in [5.41, 5.74) is 4.76. The predicted molar refractivity (Wildman–Crippen MR) is 155 cm³/mol. The molecule has 42 heavy (non-hydrogen) atoms. The third-order valence-electron chi connectivity index (χ3n) is 7.78. The number of carboxylic acid groups (broad SMARTS) is 1. The number of aromatic carboxylic acids is 1. The van der Waals surface area contributed by atoms with Gasteiger partial charge in [0.25, 0.3) is 0 Å². The summed E-state index contributed by atoms with van der Waals surface area (Å²) in [7, 11) is 1.32. The van der Waals surface area contributed by atoms with Crippen LogP contribution in [0, 0.1) is 22.9 Å². The van der Waals surface area contributed by atoms with Gasteiger partial charge < -0.3 is 26.2 Å². The Balaban J connectivity index is 1.94. The van der Waals surface area contributed by atoms with Crippen molar-refractivity contribution in [1.29, 1.82) is 0 Å². The van der Waals surface area contributed by atoms with Crippen LogP contribution in [0.25, 0.3) is 0 Å². The Hall–Kier alpha value is -3.60. The zero-order valence-electron chi connectivity index (χ0n) is 23.6. The molecule has 1 amide bonds. The topological polar surface area (TPSA) is 114 Å². The summed E-state index contributed by atoms with van der Waals surface area (Å²) in [5.74, 6) is -5.93. The van der Waals surface area contributed by atoms with Gasteiger partial charge in [-0.3, -0.25) is 4.79 Å². The van der Waals surface area contributed by atoms with Crippen molar-refractivity contribution in [2.24, 2.45) is 11.1 Å². The largest absolute Gasteiger partial charge is 0.495 e. The minimum absolute atomic E-state index is 0.0610. The highest BCUT2D eigenvalue weighted by molar-refractivity contribution is 6.30. The Morgan fingerprint density at radius 1 is 1.10 bits per heavy atom. The van der Waals surface area contributed by atoms with Crippen molar-refractivity contribution in [3.63, 3.8) is 0 Å². The Morgan fingerprint density at radius 2 is 1.81 bits per heavy atom. The Labute approximate surface area is 247 Å². The number of anilines is 1. The molecule has 0 saturated carbocycles. The van der Waals surface area contributed by atoms with E-state index in [1.165, 1.54) is 49.6 Å². The summed E-state index contributed by atoms with van der Waals surface area (Å²) in [4.78, 5) is 25.5. The van der Waals surface area contributed by atoms with Crippen LogP contribution in [0.15, 0.2) is 54.6 Å². The van der Waals surface area contributed by atoms with Gasteiger partial charge in [0.05, 0.1) is 24.4 Å². The number of carboxylic acids is 1. The number of amides is 1. The molecule has 0 spiro atoms. The number of hydrogen-bond acceptors (Lipinski definition) is 5. The van der Waals surface area contributed by atoms with Gasteiger partial charge in [0, 0.05) is 28.9 Å². The fourth-order valence-electron chi connectivity index (χ4n) is 6.01. The van der Waals surface area contributed by atoms with Gasteiger partial charge in [-0.05, 0) is 59.4 Å². The highest BCUT2D eigenvalue weighted by atomic mass is 35.5. The van der Waals surface area contributed by atoms with Crippen molar-refractivity contribution in [3.05, 3.63) is 93.8 Å². The van der Waals surface area contributed by atoms with E-state index in [2.05, 4.69) is 10.6 Å². The van der Waals surface area contributed by atoms with E-state index in [1.807, 2.05) is 20.8 Å². The van der Waals surface area contributed by atoms with Crippen LogP contribution in [0.2, 0.25) is 5.02 Å². The first-order chi connectivity index (χ1) is 19.7. The monoisotopic (exact) mass is 603 g/mol. The minimum Gasteiger partial charge on any atom is -0.495 e. The van der Waals surface area contributed by atoms with Gasteiger partial charge in [0.1, 0.15) is 11.6 Å². The molecular formula is C31H33ClF3N3O4. The number of benzene rings is 3. The van der Waals surface area contributed by atoms with Crippen LogP contribution < -0.4 is 21.1 Å². The minimum atomic E-state index is -1.42. The van der Waals surface area contributed by atoms with E-state index in [9.17, 15) is 19.1 Å². The summed E-state index contributed by atoms with van der Waals surface area (Å²) >= 11 is 6.07. The summed E-state index contributed by atoms with van der Waals surface area (Å²) < 4.78 is 51.4. The highest BCUT2D eigenvalue weighted by Gasteiger charge is 2.59. The van der Waals surface area contributed by atoms with Gasteiger partial charge >= 0.3 is 5.97 Å². The molecule has 0 bridgehead atoms. The van der Waals surface area contributed by atoms with E-state index < -0.39 is 52.7 Å². The van der Waals surface area contributed by atoms with E-state index in [0.717, 1.165) is 12.1 Å². The molecule has 7 nitrogen and oxygen atoms in total. The molecule has 0 aliphatic carbocycles. The van der Waals surface area contributed by atoms with E-state index >= 15 is 8.78 Å². The van der Waals surface area contributed by atoms with Gasteiger partial charge in [0.2, 0.25) is 5.91 Å². The normalized spacial score (nSPS) is 22.2. The number of halogens is 4. The maximum atomic E-state index is 15.8. The van der Waals surface area contributed by atoms with Crippen molar-refractivity contribution in [1.82, 2.24) is 5.32 Å². The molecule has 5 N–H and O–H groups in total. The van der Waals surface area contributed by atoms with Crippen molar-refractivity contribution >= 4 is 29.2 Å². The lowest BCUT2D eigenvalue weighted by molar-refractivity contribution is -0.118. The number of carbonyl (C=O) groups is 2. The lowest BCUT2D eigenvalue weighted by atomic mass is 9.61. The Kier molecular flexibility index (Phi) is 8.92. The molecule has 1 fully saturated rings. The predicted octanol–water partition coefficient (Wildman–Crippen LogP) is 5.86. The standard InChI is InChI=1S/C31H33ClF3N3O4/c1-30(2,3)14-24-31(15-36,19-10-9-17(32)13-21(19)34)25(18-6-5-7-20(33)26(18)35)27(38-24)28(39)37-22-11-8-16(29(40)41)12-23(22)42-4/h5-13,24-25,27,38H,14-15,36H2,1-4H3,(H,37,39)(H,40,41)/t24-,25-,27+,31-/m0/s1. The van der Waals surface area contributed by atoms with Crippen LogP contribution in [0.3, 0.4) is 0 Å². The highest BCUT2D eigenvalue weighted by Crippen LogP contribution is 2.52. The molecule has 1 saturated heterocycles. The van der Waals surface area contributed by atoms with Crippen LogP contribution in [-0.2, 0) is 10.2 Å². The second kappa shape index (κ2) is 11.9. The maximum absolute atomic E-state index is 15.8. The van der Waals surface area contributed by atoms with E-state index in [0.29, 0.717) is 6.42 Å². The number of nitrogens with two attached hydrogens (primary N) is 1. The first-order valence-corrected chi connectivity index (χ1v) is 13.7. The number of rotatable bonds is 8. The number of carbonyl (C=O) groups excluding carboxylic acids is 1. The van der Waals surface area contributed by atoms with Gasteiger partial charge in [-0.1, -0.05) is 50.6 Å². The van der Waals surface area contributed by atoms with Gasteiger partial charge in [-0.15, -0.1) is 0 Å². The number of nitrogens with one attached hydrogen (secondary N) is 2. The number of methoxy groups -OCH3 is 1. The molecular weight excluding hydrogens is 571 g/mol. The second-order valence-electron chi connectivity index (χ2n) is 11.7. The molecule has 0 unspecified atom stereocenters. The molecule has 11 heteroatoms. The van der Waals surface area contributed by atoms with Crippen LogP contribution in [0.1, 0.15) is 54.6 Å². The second-order valence-corrected chi connectivity index (χ2v) is 12.1. The molecule has 3 aromatic rings. The molecule has 1 heterocycles. The molecule has 1 aliphatic rings. The molecule has 0 aromatic heterocycles. The number of ether oxygens (including phenoxy) is 1. The van der Waals surface area contributed by atoms with Crippen molar-refractivity contribution < 1.29 is 32.6 Å². The molecule has 3 aromatic carbocycles. The molecule has 4 rings (SSSR count). The van der Waals surface area contributed by atoms with E-state index in [-0.39, 0.29) is 45.1 Å².